The van der Waals surface area contributed by atoms with Crippen LogP contribution in [0.5, 0.6) is 0 Å². The van der Waals surface area contributed by atoms with Gasteiger partial charge in [-0.3, -0.25) is 0 Å². The van der Waals surface area contributed by atoms with Crippen LogP contribution in [-0.2, 0) is 0 Å². The van der Waals surface area contributed by atoms with Gasteiger partial charge in [-0.15, -0.1) is 0 Å². The molecule has 2 atom stereocenters. The lowest BCUT2D eigenvalue weighted by molar-refractivity contribution is 0.259. The van der Waals surface area contributed by atoms with E-state index >= 15 is 0 Å². The van der Waals surface area contributed by atoms with Crippen molar-refractivity contribution in [2.75, 3.05) is 6.54 Å². The van der Waals surface area contributed by atoms with Crippen molar-refractivity contribution >= 4 is 0 Å². The second-order valence-corrected chi connectivity index (χ2v) is 5.34. The van der Waals surface area contributed by atoms with Crippen molar-refractivity contribution in [1.29, 1.82) is 0 Å². The summed E-state index contributed by atoms with van der Waals surface area (Å²) in [4.78, 5) is 0. The molecule has 1 saturated carbocycles. The molecule has 1 nitrogen and oxygen atoms in total. The van der Waals surface area contributed by atoms with E-state index < -0.39 is 0 Å². The number of nitrogens with one attached hydrogen (secondary N) is 1. The van der Waals surface area contributed by atoms with E-state index in [9.17, 15) is 0 Å². The van der Waals surface area contributed by atoms with Gasteiger partial charge in [0.2, 0.25) is 0 Å². The Labute approximate surface area is 88.7 Å². The summed E-state index contributed by atoms with van der Waals surface area (Å²) in [5.41, 5.74) is 0. The summed E-state index contributed by atoms with van der Waals surface area (Å²) in [5.74, 6) is 2.07. The molecule has 1 N–H and O–H groups in total. The van der Waals surface area contributed by atoms with E-state index in [-0.39, 0.29) is 0 Å². The van der Waals surface area contributed by atoms with Crippen LogP contribution < -0.4 is 5.32 Å². The van der Waals surface area contributed by atoms with E-state index in [2.05, 4.69) is 12.2 Å². The van der Waals surface area contributed by atoms with Crippen molar-refractivity contribution in [2.45, 2.75) is 64.3 Å². The molecule has 2 unspecified atom stereocenters. The summed E-state index contributed by atoms with van der Waals surface area (Å²) < 4.78 is 0. The zero-order chi connectivity index (χ0) is 9.80. The molecule has 1 saturated heterocycles. The molecule has 0 spiro atoms. The van der Waals surface area contributed by atoms with Gasteiger partial charge in [-0.05, 0) is 37.6 Å². The molecule has 1 aliphatic heterocycles. The molecule has 0 amide bonds. The van der Waals surface area contributed by atoms with Crippen LogP contribution in [0.3, 0.4) is 0 Å². The van der Waals surface area contributed by atoms with E-state index in [1.54, 1.807) is 0 Å². The summed E-state index contributed by atoms with van der Waals surface area (Å²) in [5, 5.41) is 3.71. The van der Waals surface area contributed by atoms with E-state index in [1.165, 1.54) is 57.9 Å². The standard InChI is InChI=1S/C13H25N/c1-2-11-7-8-14-13(9-11)10-12-5-3-4-6-12/h11-14H,2-10H2,1H3. The van der Waals surface area contributed by atoms with Gasteiger partial charge in [0, 0.05) is 6.04 Å². The molecule has 82 valence electrons. The second kappa shape index (κ2) is 5.16. The van der Waals surface area contributed by atoms with Crippen LogP contribution in [0.4, 0.5) is 0 Å². The Morgan fingerprint density at radius 3 is 2.57 bits per heavy atom. The van der Waals surface area contributed by atoms with Crippen LogP contribution in [0.15, 0.2) is 0 Å². The molecule has 2 fully saturated rings. The normalized spacial score (nSPS) is 34.9. The van der Waals surface area contributed by atoms with Crippen LogP contribution in [0, 0.1) is 11.8 Å². The van der Waals surface area contributed by atoms with Crippen molar-refractivity contribution in [1.82, 2.24) is 5.32 Å². The highest BCUT2D eigenvalue weighted by Gasteiger charge is 2.24. The van der Waals surface area contributed by atoms with E-state index in [4.69, 9.17) is 0 Å². The lowest BCUT2D eigenvalue weighted by Crippen LogP contribution is -2.38. The van der Waals surface area contributed by atoms with Gasteiger partial charge >= 0.3 is 0 Å². The average Bonchev–Trinajstić information content (AvgIpc) is 2.71. The van der Waals surface area contributed by atoms with Gasteiger partial charge in [0.15, 0.2) is 0 Å². The molecule has 2 rings (SSSR count). The Morgan fingerprint density at radius 1 is 1.07 bits per heavy atom. The SMILES string of the molecule is CCC1CCNC(CC2CCCC2)C1. The van der Waals surface area contributed by atoms with Crippen molar-refractivity contribution in [3.63, 3.8) is 0 Å². The van der Waals surface area contributed by atoms with Crippen molar-refractivity contribution in [2.24, 2.45) is 11.8 Å². The first-order valence-electron chi connectivity index (χ1n) is 6.62. The predicted octanol–water partition coefficient (Wildman–Crippen LogP) is 3.34. The van der Waals surface area contributed by atoms with Crippen molar-refractivity contribution < 1.29 is 0 Å². The molecule has 2 aliphatic rings. The largest absolute Gasteiger partial charge is 0.314 e. The highest BCUT2D eigenvalue weighted by Crippen LogP contribution is 2.31. The summed E-state index contributed by atoms with van der Waals surface area (Å²) in [7, 11) is 0. The molecule has 1 heterocycles. The first kappa shape index (κ1) is 10.5. The van der Waals surface area contributed by atoms with E-state index in [0.717, 1.165) is 17.9 Å². The summed E-state index contributed by atoms with van der Waals surface area (Å²) in [6.45, 7) is 3.62. The molecule has 0 aromatic rings. The maximum absolute atomic E-state index is 3.71. The Balaban J connectivity index is 1.73. The third-order valence-corrected chi connectivity index (χ3v) is 4.27. The quantitative estimate of drug-likeness (QED) is 0.728. The Bertz CT molecular complexity index is 161. The summed E-state index contributed by atoms with van der Waals surface area (Å²) >= 11 is 0. The Kier molecular flexibility index (Phi) is 3.86. The molecule has 0 bridgehead atoms. The van der Waals surface area contributed by atoms with Gasteiger partial charge < -0.3 is 5.32 Å². The molecule has 1 aliphatic carbocycles. The maximum Gasteiger partial charge on any atom is 0.00723 e. The molecule has 0 aromatic carbocycles. The van der Waals surface area contributed by atoms with Gasteiger partial charge in [-0.2, -0.15) is 0 Å². The molecule has 0 radical (unpaired) electrons. The number of hydrogen-bond acceptors (Lipinski definition) is 1. The average molecular weight is 195 g/mol. The first-order valence-corrected chi connectivity index (χ1v) is 6.62. The van der Waals surface area contributed by atoms with Crippen molar-refractivity contribution in [3.8, 4) is 0 Å². The van der Waals surface area contributed by atoms with E-state index in [0.29, 0.717) is 0 Å². The maximum atomic E-state index is 3.71. The number of hydrogen-bond donors (Lipinski definition) is 1. The number of rotatable bonds is 3. The highest BCUT2D eigenvalue weighted by molar-refractivity contribution is 4.81. The van der Waals surface area contributed by atoms with Gasteiger partial charge in [0.25, 0.3) is 0 Å². The third kappa shape index (κ3) is 2.73. The van der Waals surface area contributed by atoms with Gasteiger partial charge in [-0.1, -0.05) is 39.0 Å². The number of piperidine rings is 1. The van der Waals surface area contributed by atoms with Crippen LogP contribution in [0.2, 0.25) is 0 Å². The molecular weight excluding hydrogens is 170 g/mol. The Morgan fingerprint density at radius 2 is 1.86 bits per heavy atom. The van der Waals surface area contributed by atoms with Crippen LogP contribution in [0.1, 0.15) is 58.3 Å². The van der Waals surface area contributed by atoms with Gasteiger partial charge in [-0.25, -0.2) is 0 Å². The van der Waals surface area contributed by atoms with Crippen molar-refractivity contribution in [3.05, 3.63) is 0 Å². The predicted molar refractivity (Wildman–Crippen MR) is 61.4 cm³/mol. The molecule has 0 aromatic heterocycles. The smallest absolute Gasteiger partial charge is 0.00723 e. The third-order valence-electron chi connectivity index (χ3n) is 4.27. The summed E-state index contributed by atoms with van der Waals surface area (Å²) in [6, 6.07) is 0.858. The minimum atomic E-state index is 0.858. The highest BCUT2D eigenvalue weighted by atomic mass is 14.9. The monoisotopic (exact) mass is 195 g/mol. The Hall–Kier alpha value is -0.0400. The first-order chi connectivity index (χ1) is 6.88. The van der Waals surface area contributed by atoms with E-state index in [1.807, 2.05) is 0 Å². The topological polar surface area (TPSA) is 12.0 Å². The lowest BCUT2D eigenvalue weighted by Gasteiger charge is -2.31. The lowest BCUT2D eigenvalue weighted by atomic mass is 9.86. The fourth-order valence-electron chi connectivity index (χ4n) is 3.29. The summed E-state index contributed by atoms with van der Waals surface area (Å²) in [6.07, 6.45) is 11.7. The second-order valence-electron chi connectivity index (χ2n) is 5.34. The fraction of sp³-hybridized carbons (Fsp3) is 1.00. The van der Waals surface area contributed by atoms with Crippen LogP contribution in [0.25, 0.3) is 0 Å². The minimum Gasteiger partial charge on any atom is -0.314 e. The zero-order valence-corrected chi connectivity index (χ0v) is 9.60. The minimum absolute atomic E-state index is 0.858. The molecular formula is C13H25N. The molecule has 14 heavy (non-hydrogen) atoms. The van der Waals surface area contributed by atoms with Gasteiger partial charge in [0.05, 0.1) is 0 Å². The van der Waals surface area contributed by atoms with Gasteiger partial charge in [0.1, 0.15) is 0 Å². The zero-order valence-electron chi connectivity index (χ0n) is 9.60. The molecule has 1 heteroatoms. The van der Waals surface area contributed by atoms with Crippen LogP contribution in [-0.4, -0.2) is 12.6 Å². The fourth-order valence-corrected chi connectivity index (χ4v) is 3.29. The van der Waals surface area contributed by atoms with Crippen LogP contribution >= 0.6 is 0 Å².